The van der Waals surface area contributed by atoms with Crippen LogP contribution in [0.2, 0.25) is 10.0 Å². The highest BCUT2D eigenvalue weighted by Gasteiger charge is 2.27. The van der Waals surface area contributed by atoms with Crippen molar-refractivity contribution in [2.75, 3.05) is 6.54 Å². The second-order valence-electron chi connectivity index (χ2n) is 9.52. The molecule has 1 heterocycles. The fraction of sp³-hybridized carbons (Fsp3) is 0.276. The zero-order chi connectivity index (χ0) is 26.7. The minimum atomic E-state index is -1.12. The Bertz CT molecular complexity index is 1340. The number of carboxylic acid groups (broad SMARTS) is 1. The first-order valence-electron chi connectivity index (χ1n) is 12.1. The van der Waals surface area contributed by atoms with Crippen LogP contribution in [0.4, 0.5) is 0 Å². The van der Waals surface area contributed by atoms with Crippen molar-refractivity contribution in [1.29, 1.82) is 0 Å². The summed E-state index contributed by atoms with van der Waals surface area (Å²) < 4.78 is 0. The number of fused-ring (bicyclic) bond motifs is 1. The molecular formula is C29H28Cl2N2O4. The van der Waals surface area contributed by atoms with Gasteiger partial charge in [0.25, 0.3) is 11.8 Å². The molecule has 4 rings (SSSR count). The summed E-state index contributed by atoms with van der Waals surface area (Å²) in [7, 11) is 0. The summed E-state index contributed by atoms with van der Waals surface area (Å²) in [5.41, 5.74) is 4.37. The van der Waals surface area contributed by atoms with Crippen LogP contribution in [0.3, 0.4) is 0 Å². The first-order chi connectivity index (χ1) is 17.6. The van der Waals surface area contributed by atoms with Crippen LogP contribution in [0.1, 0.15) is 62.7 Å². The molecule has 0 bridgehead atoms. The van der Waals surface area contributed by atoms with E-state index in [0.29, 0.717) is 41.0 Å². The van der Waals surface area contributed by atoms with Gasteiger partial charge in [-0.1, -0.05) is 67.4 Å². The van der Waals surface area contributed by atoms with Crippen LogP contribution < -0.4 is 5.32 Å². The largest absolute Gasteiger partial charge is 0.480 e. The van der Waals surface area contributed by atoms with Gasteiger partial charge in [-0.05, 0) is 64.9 Å². The summed E-state index contributed by atoms with van der Waals surface area (Å²) >= 11 is 12.6. The van der Waals surface area contributed by atoms with E-state index in [-0.39, 0.29) is 17.9 Å². The summed E-state index contributed by atoms with van der Waals surface area (Å²) in [6.45, 7) is 4.95. The number of hydrogen-bond donors (Lipinski definition) is 2. The number of carbonyl (C=O) groups is 3. The smallest absolute Gasteiger partial charge is 0.326 e. The van der Waals surface area contributed by atoms with Gasteiger partial charge in [0.15, 0.2) is 0 Å². The molecule has 3 aromatic rings. The molecule has 6 nitrogen and oxygen atoms in total. The monoisotopic (exact) mass is 538 g/mol. The minimum Gasteiger partial charge on any atom is -0.480 e. The summed E-state index contributed by atoms with van der Waals surface area (Å²) in [6, 6.07) is 16.7. The number of rotatable bonds is 7. The lowest BCUT2D eigenvalue weighted by Gasteiger charge is -2.30. The molecule has 0 fully saturated rings. The molecule has 192 valence electrons. The van der Waals surface area contributed by atoms with Crippen molar-refractivity contribution in [2.45, 2.75) is 45.2 Å². The standard InChI is InChI=1S/C29H28Cl2N2O4/c1-17(2)20-5-3-4-18(14-20)15-25(29(36)37)32-27(34)24-11-8-21-16-33(13-12-23(21)26(24)31)28(35)19-6-9-22(30)10-7-19/h3-11,14,17,25H,12-13,15-16H2,1-2H3,(H,32,34)(H,36,37)/t25-/m0/s1. The number of nitrogens with zero attached hydrogens (tertiary/aromatic N) is 1. The normalized spacial score (nSPS) is 13.7. The second-order valence-corrected chi connectivity index (χ2v) is 10.3. The summed E-state index contributed by atoms with van der Waals surface area (Å²) in [5, 5.41) is 13.3. The molecule has 8 heteroatoms. The van der Waals surface area contributed by atoms with Gasteiger partial charge in [-0.15, -0.1) is 0 Å². The van der Waals surface area contributed by atoms with E-state index in [2.05, 4.69) is 19.2 Å². The van der Waals surface area contributed by atoms with Crippen LogP contribution in [-0.2, 0) is 24.2 Å². The first-order valence-corrected chi connectivity index (χ1v) is 12.9. The van der Waals surface area contributed by atoms with Gasteiger partial charge in [-0.3, -0.25) is 9.59 Å². The third-order valence-electron chi connectivity index (χ3n) is 6.62. The summed E-state index contributed by atoms with van der Waals surface area (Å²) in [4.78, 5) is 39.7. The Morgan fingerprint density at radius 3 is 2.43 bits per heavy atom. The van der Waals surface area contributed by atoms with Gasteiger partial charge in [0.2, 0.25) is 0 Å². The maximum atomic E-state index is 13.1. The lowest BCUT2D eigenvalue weighted by Crippen LogP contribution is -2.42. The molecule has 2 amide bonds. The Morgan fingerprint density at radius 1 is 1.03 bits per heavy atom. The second kappa shape index (κ2) is 11.4. The molecule has 0 radical (unpaired) electrons. The van der Waals surface area contributed by atoms with E-state index >= 15 is 0 Å². The van der Waals surface area contributed by atoms with Crippen molar-refractivity contribution in [3.05, 3.63) is 104 Å². The van der Waals surface area contributed by atoms with Crippen molar-refractivity contribution < 1.29 is 19.5 Å². The average molecular weight is 539 g/mol. The number of carboxylic acids is 1. The highest BCUT2D eigenvalue weighted by atomic mass is 35.5. The Hall–Kier alpha value is -3.35. The Labute approximate surface area is 226 Å². The van der Waals surface area contributed by atoms with Crippen molar-refractivity contribution in [3.8, 4) is 0 Å². The zero-order valence-corrected chi connectivity index (χ0v) is 22.1. The number of halogens is 2. The van der Waals surface area contributed by atoms with Crippen molar-refractivity contribution in [1.82, 2.24) is 10.2 Å². The van der Waals surface area contributed by atoms with Crippen LogP contribution in [0, 0.1) is 0 Å². The van der Waals surface area contributed by atoms with E-state index in [1.165, 1.54) is 0 Å². The number of benzene rings is 3. The lowest BCUT2D eigenvalue weighted by molar-refractivity contribution is -0.139. The number of aliphatic carboxylic acids is 1. The van der Waals surface area contributed by atoms with Gasteiger partial charge in [0.1, 0.15) is 6.04 Å². The molecule has 0 aromatic heterocycles. The van der Waals surface area contributed by atoms with Gasteiger partial charge in [0.05, 0.1) is 10.6 Å². The van der Waals surface area contributed by atoms with E-state index in [9.17, 15) is 19.5 Å². The molecule has 2 N–H and O–H groups in total. The molecule has 3 aromatic carbocycles. The molecule has 1 aliphatic heterocycles. The van der Waals surface area contributed by atoms with Gasteiger partial charge in [-0.2, -0.15) is 0 Å². The molecule has 1 atom stereocenters. The molecule has 0 spiro atoms. The van der Waals surface area contributed by atoms with Crippen molar-refractivity contribution >= 4 is 41.0 Å². The predicted octanol–water partition coefficient (Wildman–Crippen LogP) is 5.74. The Morgan fingerprint density at radius 2 is 1.76 bits per heavy atom. The zero-order valence-electron chi connectivity index (χ0n) is 20.6. The first kappa shape index (κ1) is 26.7. The van der Waals surface area contributed by atoms with Gasteiger partial charge in [0, 0.05) is 30.1 Å². The molecule has 37 heavy (non-hydrogen) atoms. The highest BCUT2D eigenvalue weighted by Crippen LogP contribution is 2.30. The molecule has 1 aliphatic rings. The molecule has 0 saturated heterocycles. The maximum Gasteiger partial charge on any atom is 0.326 e. The quantitative estimate of drug-likeness (QED) is 0.401. The summed E-state index contributed by atoms with van der Waals surface area (Å²) in [5.74, 6) is -1.45. The third kappa shape index (κ3) is 6.14. The maximum absolute atomic E-state index is 13.1. The number of amides is 2. The van der Waals surface area contributed by atoms with Crippen molar-refractivity contribution in [3.63, 3.8) is 0 Å². The highest BCUT2D eigenvalue weighted by molar-refractivity contribution is 6.34. The third-order valence-corrected chi connectivity index (χ3v) is 7.30. The lowest BCUT2D eigenvalue weighted by atomic mass is 9.95. The van der Waals surface area contributed by atoms with E-state index in [4.69, 9.17) is 23.2 Å². The minimum absolute atomic E-state index is 0.105. The van der Waals surface area contributed by atoms with Gasteiger partial charge >= 0.3 is 5.97 Å². The SMILES string of the molecule is CC(C)c1cccc(C[C@H](NC(=O)c2ccc3c(c2Cl)CCN(C(=O)c2ccc(Cl)cc2)C3)C(=O)O)c1. The van der Waals surface area contributed by atoms with E-state index in [0.717, 1.165) is 22.3 Å². The van der Waals surface area contributed by atoms with Crippen molar-refractivity contribution in [2.24, 2.45) is 0 Å². The molecular weight excluding hydrogens is 511 g/mol. The van der Waals surface area contributed by atoms with Crippen LogP contribution in [0.5, 0.6) is 0 Å². The number of hydrogen-bond acceptors (Lipinski definition) is 3. The van der Waals surface area contributed by atoms with Crippen LogP contribution in [-0.4, -0.2) is 40.4 Å². The van der Waals surface area contributed by atoms with E-state index in [1.54, 1.807) is 41.3 Å². The van der Waals surface area contributed by atoms with E-state index in [1.807, 2.05) is 24.3 Å². The molecule has 0 saturated carbocycles. The predicted molar refractivity (Wildman–Crippen MR) is 144 cm³/mol. The van der Waals surface area contributed by atoms with Crippen LogP contribution in [0.25, 0.3) is 0 Å². The Kier molecular flexibility index (Phi) is 8.20. The van der Waals surface area contributed by atoms with Gasteiger partial charge in [-0.25, -0.2) is 4.79 Å². The fourth-order valence-corrected chi connectivity index (χ4v) is 4.98. The van der Waals surface area contributed by atoms with Gasteiger partial charge < -0.3 is 15.3 Å². The average Bonchev–Trinajstić information content (AvgIpc) is 2.88. The van der Waals surface area contributed by atoms with Crippen LogP contribution in [0.15, 0.2) is 60.7 Å². The molecule has 0 aliphatic carbocycles. The molecule has 0 unspecified atom stereocenters. The Balaban J connectivity index is 1.48. The van der Waals surface area contributed by atoms with E-state index < -0.39 is 17.9 Å². The topological polar surface area (TPSA) is 86.7 Å². The number of carbonyl (C=O) groups excluding carboxylic acids is 2. The number of nitrogens with one attached hydrogen (secondary N) is 1. The summed E-state index contributed by atoms with van der Waals surface area (Å²) in [6.07, 6.45) is 0.644. The van der Waals surface area contributed by atoms with Crippen LogP contribution >= 0.6 is 23.2 Å². The fourth-order valence-electron chi connectivity index (χ4n) is 4.49.